The van der Waals surface area contributed by atoms with Gasteiger partial charge in [0.25, 0.3) is 0 Å². The molecule has 1 atom stereocenters. The van der Waals surface area contributed by atoms with Gasteiger partial charge in [-0.05, 0) is 14.0 Å². The number of nitrogens with zero attached hydrogens (tertiary/aromatic N) is 1. The highest BCUT2D eigenvalue weighted by Crippen LogP contribution is 2.17. The first-order valence-corrected chi connectivity index (χ1v) is 5.71. The molecule has 3 nitrogen and oxygen atoms in total. The van der Waals surface area contributed by atoms with Gasteiger partial charge in [0, 0.05) is 5.56 Å². The monoisotopic (exact) mass is 224 g/mol. The first-order valence-electron chi connectivity index (χ1n) is 4.83. The van der Waals surface area contributed by atoms with Crippen LogP contribution in [-0.4, -0.2) is 29.3 Å². The van der Waals surface area contributed by atoms with E-state index in [4.69, 9.17) is 0 Å². The lowest BCUT2D eigenvalue weighted by Crippen LogP contribution is -2.10. The maximum Gasteiger partial charge on any atom is 0.102 e. The fourth-order valence-corrected chi connectivity index (χ4v) is 1.82. The van der Waals surface area contributed by atoms with Crippen molar-refractivity contribution in [3.63, 3.8) is 0 Å². The molecule has 1 rings (SSSR count). The maximum atomic E-state index is 9.35. The average Bonchev–Trinajstić information content (AvgIpc) is 2.25. The van der Waals surface area contributed by atoms with E-state index in [1.807, 2.05) is 37.4 Å². The molecule has 2 N–H and O–H groups in total. The molecule has 15 heavy (non-hydrogen) atoms. The minimum Gasteiger partial charge on any atom is -0.382 e. The molecule has 0 radical (unpaired) electrons. The van der Waals surface area contributed by atoms with Gasteiger partial charge in [-0.1, -0.05) is 42.1 Å². The van der Waals surface area contributed by atoms with E-state index in [1.165, 1.54) is 11.8 Å². The largest absolute Gasteiger partial charge is 0.382 e. The highest BCUT2D eigenvalue weighted by Gasteiger charge is 2.06. The number of aliphatic hydroxyl groups is 1. The quantitative estimate of drug-likeness (QED) is 0.464. The fraction of sp³-hybridized carbons (Fsp3) is 0.364. The second kappa shape index (κ2) is 6.61. The smallest absolute Gasteiger partial charge is 0.102 e. The molecule has 1 aromatic carbocycles. The van der Waals surface area contributed by atoms with E-state index < -0.39 is 5.44 Å². The van der Waals surface area contributed by atoms with Gasteiger partial charge in [0.05, 0.1) is 6.67 Å². The van der Waals surface area contributed by atoms with Gasteiger partial charge in [-0.2, -0.15) is 0 Å². The van der Waals surface area contributed by atoms with Crippen molar-refractivity contribution in [3.8, 4) is 0 Å². The molecule has 0 saturated heterocycles. The van der Waals surface area contributed by atoms with Gasteiger partial charge in [-0.3, -0.25) is 4.99 Å². The summed E-state index contributed by atoms with van der Waals surface area (Å²) in [4.78, 5) is 4.36. The summed E-state index contributed by atoms with van der Waals surface area (Å²) < 4.78 is 0. The van der Waals surface area contributed by atoms with Gasteiger partial charge in [0.2, 0.25) is 0 Å². The van der Waals surface area contributed by atoms with Crippen LogP contribution >= 0.6 is 11.8 Å². The van der Waals surface area contributed by atoms with Gasteiger partial charge in [0.15, 0.2) is 0 Å². The lowest BCUT2D eigenvalue weighted by atomic mass is 10.2. The number of thioether (sulfide) groups is 1. The first-order chi connectivity index (χ1) is 7.24. The predicted octanol–water partition coefficient (Wildman–Crippen LogP) is 1.68. The molecule has 1 unspecified atom stereocenters. The summed E-state index contributed by atoms with van der Waals surface area (Å²) in [7, 11) is 1.85. The third-order valence-electron chi connectivity index (χ3n) is 1.68. The minimum atomic E-state index is -0.444. The number of nitrogens with one attached hydrogen (secondary N) is 1. The van der Waals surface area contributed by atoms with E-state index in [1.54, 1.807) is 6.92 Å². The maximum absolute atomic E-state index is 9.35. The number of benzene rings is 1. The summed E-state index contributed by atoms with van der Waals surface area (Å²) >= 11 is 1.36. The van der Waals surface area contributed by atoms with Crippen LogP contribution in [0, 0.1) is 0 Å². The van der Waals surface area contributed by atoms with E-state index in [-0.39, 0.29) is 0 Å². The van der Waals surface area contributed by atoms with Gasteiger partial charge in [0.1, 0.15) is 10.5 Å². The highest BCUT2D eigenvalue weighted by atomic mass is 32.2. The van der Waals surface area contributed by atoms with Crippen LogP contribution < -0.4 is 5.32 Å². The van der Waals surface area contributed by atoms with E-state index in [0.29, 0.717) is 6.67 Å². The minimum absolute atomic E-state index is 0.444. The van der Waals surface area contributed by atoms with Crippen molar-refractivity contribution in [3.05, 3.63) is 35.9 Å². The molecule has 1 aromatic rings. The normalized spacial score (nSPS) is 13.9. The molecule has 0 amide bonds. The molecule has 0 spiro atoms. The molecule has 0 saturated carbocycles. The standard InChI is InChI=1S/C11H16N2OS/c1-9(14)15-11(13-8-12-2)10-6-4-3-5-7-10/h3-7,9,12,14H,8H2,1-2H3/b13-11-. The number of hydrogen-bond donors (Lipinski definition) is 2. The highest BCUT2D eigenvalue weighted by molar-refractivity contribution is 8.14. The van der Waals surface area contributed by atoms with Crippen LogP contribution in [0.15, 0.2) is 35.3 Å². The lowest BCUT2D eigenvalue weighted by Gasteiger charge is -2.08. The predicted molar refractivity (Wildman–Crippen MR) is 66.2 cm³/mol. The zero-order valence-electron chi connectivity index (χ0n) is 8.97. The van der Waals surface area contributed by atoms with Crippen molar-refractivity contribution in [1.82, 2.24) is 5.32 Å². The van der Waals surface area contributed by atoms with Crippen molar-refractivity contribution in [2.75, 3.05) is 13.7 Å². The summed E-state index contributed by atoms with van der Waals surface area (Å²) in [5, 5.41) is 13.2. The fourth-order valence-electron chi connectivity index (χ4n) is 1.09. The van der Waals surface area contributed by atoms with Crippen LogP contribution in [-0.2, 0) is 0 Å². The number of hydrogen-bond acceptors (Lipinski definition) is 4. The topological polar surface area (TPSA) is 44.6 Å². The van der Waals surface area contributed by atoms with Crippen molar-refractivity contribution < 1.29 is 5.11 Å². The summed E-state index contributed by atoms with van der Waals surface area (Å²) in [5.74, 6) is 0. The molecule has 0 fully saturated rings. The Morgan fingerprint density at radius 2 is 2.13 bits per heavy atom. The summed E-state index contributed by atoms with van der Waals surface area (Å²) in [5.41, 5.74) is 0.597. The Morgan fingerprint density at radius 1 is 1.47 bits per heavy atom. The van der Waals surface area contributed by atoms with Crippen LogP contribution in [0.1, 0.15) is 12.5 Å². The molecule has 0 aromatic heterocycles. The third-order valence-corrected chi connectivity index (χ3v) is 2.61. The van der Waals surface area contributed by atoms with Crippen LogP contribution in [0.4, 0.5) is 0 Å². The number of aliphatic hydroxyl groups excluding tert-OH is 1. The van der Waals surface area contributed by atoms with E-state index >= 15 is 0 Å². The van der Waals surface area contributed by atoms with Crippen LogP contribution in [0.3, 0.4) is 0 Å². The Labute approximate surface area is 94.6 Å². The van der Waals surface area contributed by atoms with Gasteiger partial charge in [-0.15, -0.1) is 0 Å². The molecular formula is C11H16N2OS. The summed E-state index contributed by atoms with van der Waals surface area (Å²) in [6.45, 7) is 2.30. The zero-order valence-corrected chi connectivity index (χ0v) is 9.79. The van der Waals surface area contributed by atoms with Gasteiger partial charge < -0.3 is 10.4 Å². The molecule has 4 heteroatoms. The zero-order chi connectivity index (χ0) is 11.1. The van der Waals surface area contributed by atoms with E-state index in [9.17, 15) is 5.11 Å². The molecule has 82 valence electrons. The first kappa shape index (κ1) is 12.2. The van der Waals surface area contributed by atoms with E-state index in [2.05, 4.69) is 10.3 Å². The van der Waals surface area contributed by atoms with Crippen LogP contribution in [0.5, 0.6) is 0 Å². The van der Waals surface area contributed by atoms with Crippen molar-refractivity contribution in [2.24, 2.45) is 4.99 Å². The van der Waals surface area contributed by atoms with Gasteiger partial charge >= 0.3 is 0 Å². The Kier molecular flexibility index (Phi) is 5.39. The van der Waals surface area contributed by atoms with Crippen molar-refractivity contribution in [2.45, 2.75) is 12.4 Å². The SMILES string of the molecule is CNC/N=C(\SC(C)O)c1ccccc1. The average molecular weight is 224 g/mol. The van der Waals surface area contributed by atoms with Crippen LogP contribution in [0.2, 0.25) is 0 Å². The Bertz CT molecular complexity index is 312. The van der Waals surface area contributed by atoms with Crippen LogP contribution in [0.25, 0.3) is 0 Å². The number of rotatable bonds is 4. The molecule has 0 aliphatic heterocycles. The lowest BCUT2D eigenvalue weighted by molar-refractivity contribution is 0.285. The number of aliphatic imine (C=N–C) groups is 1. The van der Waals surface area contributed by atoms with E-state index in [0.717, 1.165) is 10.6 Å². The molecule has 0 aliphatic rings. The summed E-state index contributed by atoms with van der Waals surface area (Å²) in [6.07, 6.45) is 0. The van der Waals surface area contributed by atoms with Gasteiger partial charge in [-0.25, -0.2) is 0 Å². The second-order valence-electron chi connectivity index (χ2n) is 3.06. The second-order valence-corrected chi connectivity index (χ2v) is 4.36. The Morgan fingerprint density at radius 3 is 2.67 bits per heavy atom. The van der Waals surface area contributed by atoms with Crippen molar-refractivity contribution >= 4 is 16.8 Å². The summed E-state index contributed by atoms with van der Waals surface area (Å²) in [6, 6.07) is 9.87. The molecule has 0 bridgehead atoms. The Balaban J connectivity index is 2.81. The van der Waals surface area contributed by atoms with Crippen molar-refractivity contribution in [1.29, 1.82) is 0 Å². The molecule has 0 aliphatic carbocycles. The third kappa shape index (κ3) is 4.46. The molecule has 0 heterocycles. The molecular weight excluding hydrogens is 208 g/mol. The Hall–Kier alpha value is -0.840.